The molecule has 5 atom stereocenters. The van der Waals surface area contributed by atoms with Crippen LogP contribution in [-0.2, 0) is 9.84 Å². The van der Waals surface area contributed by atoms with E-state index in [2.05, 4.69) is 25.2 Å². The summed E-state index contributed by atoms with van der Waals surface area (Å²) in [6.45, 7) is 7.73. The van der Waals surface area contributed by atoms with Gasteiger partial charge in [-0.1, -0.05) is 6.92 Å². The minimum absolute atomic E-state index is 0.0257. The summed E-state index contributed by atoms with van der Waals surface area (Å²) in [5, 5.41) is 25.2. The van der Waals surface area contributed by atoms with E-state index in [1.807, 2.05) is 19.9 Å². The summed E-state index contributed by atoms with van der Waals surface area (Å²) in [6, 6.07) is 3.59. The Morgan fingerprint density at radius 1 is 1.20 bits per heavy atom. The van der Waals surface area contributed by atoms with Gasteiger partial charge in [0.15, 0.2) is 5.67 Å². The topological polar surface area (TPSA) is 145 Å². The molecule has 222 valence electrons. The smallest absolute Gasteiger partial charge is 0.227 e. The van der Waals surface area contributed by atoms with Gasteiger partial charge in [-0.15, -0.1) is 0 Å². The van der Waals surface area contributed by atoms with E-state index < -0.39 is 21.1 Å². The summed E-state index contributed by atoms with van der Waals surface area (Å²) in [5.74, 6) is 1.30. The molecule has 5 heterocycles. The first-order valence-corrected chi connectivity index (χ1v) is 15.9. The number of aliphatic hydroxyl groups excluding tert-OH is 1. The number of piperidine rings is 1. The first kappa shape index (κ1) is 29.3. The van der Waals surface area contributed by atoms with E-state index >= 15 is 4.39 Å². The summed E-state index contributed by atoms with van der Waals surface area (Å²) in [7, 11) is -3.08. The largest absolute Gasteiger partial charge is 0.396 e. The molecule has 5 rings (SSSR count). The van der Waals surface area contributed by atoms with Crippen LogP contribution in [0.25, 0.3) is 10.8 Å². The van der Waals surface area contributed by atoms with Crippen molar-refractivity contribution in [1.82, 2.24) is 19.9 Å². The van der Waals surface area contributed by atoms with Crippen LogP contribution in [0.15, 0.2) is 30.7 Å². The molecule has 0 radical (unpaired) electrons. The maximum Gasteiger partial charge on any atom is 0.227 e. The number of hydrogen-bond acceptors (Lipinski definition) is 11. The molecule has 3 aromatic heterocycles. The third-order valence-corrected chi connectivity index (χ3v) is 9.65. The fourth-order valence-electron chi connectivity index (χ4n) is 5.60. The molecule has 2 aliphatic rings. The highest BCUT2D eigenvalue weighted by Gasteiger charge is 2.48. The number of hydrogen-bond donors (Lipinski definition) is 3. The maximum atomic E-state index is 15.1. The Morgan fingerprint density at radius 3 is 2.61 bits per heavy atom. The van der Waals surface area contributed by atoms with E-state index in [0.29, 0.717) is 30.7 Å². The second-order valence-electron chi connectivity index (χ2n) is 12.0. The minimum Gasteiger partial charge on any atom is -0.396 e. The van der Waals surface area contributed by atoms with E-state index in [-0.39, 0.29) is 43.2 Å². The molecule has 13 heteroatoms. The second-order valence-corrected chi connectivity index (χ2v) is 14.2. The number of rotatable bonds is 8. The standard InChI is InChI=1S/C28H38FN7O4S/c1-17(14-37)25-20-10-24(31-11-21(20)22(12-32-25)36-13-19(18(36)2)15-41(5,39)40)33-23-6-8-30-26(34-23)35-9-7-28(4,38)27(3,29)16-35/h6,8,10-12,17-19,37-38H,7,9,13-16H2,1-5H3,(H,30,31,33,34)/t17?,18-,19-,27+,28-/m1/s1. The van der Waals surface area contributed by atoms with Gasteiger partial charge in [0.1, 0.15) is 21.5 Å². The average Bonchev–Trinajstić information content (AvgIpc) is 2.91. The normalized spacial score (nSPS) is 27.5. The number of sulfone groups is 1. The molecule has 0 aromatic carbocycles. The molecule has 0 saturated carbocycles. The summed E-state index contributed by atoms with van der Waals surface area (Å²) >= 11 is 0. The van der Waals surface area contributed by atoms with Crippen LogP contribution in [0.1, 0.15) is 45.7 Å². The molecule has 11 nitrogen and oxygen atoms in total. The van der Waals surface area contributed by atoms with E-state index in [4.69, 9.17) is 4.98 Å². The van der Waals surface area contributed by atoms with Gasteiger partial charge < -0.3 is 25.3 Å². The average molecular weight is 588 g/mol. The van der Waals surface area contributed by atoms with Crippen molar-refractivity contribution in [2.45, 2.75) is 57.3 Å². The van der Waals surface area contributed by atoms with Gasteiger partial charge >= 0.3 is 0 Å². The number of halogens is 1. The zero-order valence-corrected chi connectivity index (χ0v) is 24.9. The second kappa shape index (κ2) is 10.6. The molecule has 0 bridgehead atoms. The Kier molecular flexibility index (Phi) is 7.58. The zero-order chi connectivity index (χ0) is 29.7. The highest BCUT2D eigenvalue weighted by molar-refractivity contribution is 7.90. The Labute approximate surface area is 239 Å². The molecule has 3 aromatic rings. The van der Waals surface area contributed by atoms with Crippen molar-refractivity contribution >= 4 is 43.9 Å². The van der Waals surface area contributed by atoms with Crippen LogP contribution in [0.2, 0.25) is 0 Å². The van der Waals surface area contributed by atoms with Crippen molar-refractivity contribution in [2.75, 3.05) is 53.4 Å². The summed E-state index contributed by atoms with van der Waals surface area (Å²) < 4.78 is 38.8. The Hall–Kier alpha value is -3.16. The lowest BCUT2D eigenvalue weighted by Crippen LogP contribution is -2.59. The molecule has 0 aliphatic carbocycles. The summed E-state index contributed by atoms with van der Waals surface area (Å²) in [6.07, 6.45) is 6.63. The maximum absolute atomic E-state index is 15.1. The van der Waals surface area contributed by atoms with Crippen LogP contribution in [0, 0.1) is 5.92 Å². The lowest BCUT2D eigenvalue weighted by Gasteiger charge is -2.48. The quantitative estimate of drug-likeness (QED) is 0.358. The third-order valence-electron chi connectivity index (χ3n) is 8.61. The molecular formula is C28H38FN7O4S. The Bertz CT molecular complexity index is 1550. The molecule has 41 heavy (non-hydrogen) atoms. The Morgan fingerprint density at radius 2 is 1.95 bits per heavy atom. The highest BCUT2D eigenvalue weighted by Crippen LogP contribution is 2.39. The monoisotopic (exact) mass is 587 g/mol. The molecule has 1 unspecified atom stereocenters. The van der Waals surface area contributed by atoms with Crippen molar-refractivity contribution in [3.8, 4) is 0 Å². The van der Waals surface area contributed by atoms with Crippen LogP contribution in [0.4, 0.5) is 27.7 Å². The van der Waals surface area contributed by atoms with Crippen LogP contribution >= 0.6 is 0 Å². The van der Waals surface area contributed by atoms with E-state index in [9.17, 15) is 18.6 Å². The van der Waals surface area contributed by atoms with Gasteiger partial charge in [0.25, 0.3) is 0 Å². The fourth-order valence-corrected chi connectivity index (χ4v) is 6.76. The predicted molar refractivity (Wildman–Crippen MR) is 157 cm³/mol. The molecule has 0 spiro atoms. The Balaban J connectivity index is 1.43. The lowest BCUT2D eigenvalue weighted by molar-refractivity contribution is -0.0924. The highest BCUT2D eigenvalue weighted by atomic mass is 32.2. The van der Waals surface area contributed by atoms with E-state index in [1.165, 1.54) is 20.1 Å². The van der Waals surface area contributed by atoms with Gasteiger partial charge in [-0.3, -0.25) is 4.98 Å². The molecule has 2 fully saturated rings. The van der Waals surface area contributed by atoms with Crippen LogP contribution in [-0.4, -0.2) is 94.1 Å². The number of aliphatic hydroxyl groups is 2. The molecule has 0 amide bonds. The SMILES string of the molecule is CC(CO)c1ncc(N2C[C@H](CS(C)(=O)=O)[C@H]2C)c2cnc(Nc3ccnc(N4CC[C@@](C)(O)[C@@](C)(F)C4)n3)cc12. The van der Waals surface area contributed by atoms with Gasteiger partial charge in [0.2, 0.25) is 5.95 Å². The van der Waals surface area contributed by atoms with Gasteiger partial charge in [0.05, 0.1) is 42.1 Å². The number of aromatic nitrogens is 4. The van der Waals surface area contributed by atoms with Gasteiger partial charge in [-0.2, -0.15) is 4.98 Å². The van der Waals surface area contributed by atoms with Crippen LogP contribution < -0.4 is 15.1 Å². The van der Waals surface area contributed by atoms with E-state index in [0.717, 1.165) is 22.2 Å². The van der Waals surface area contributed by atoms with E-state index in [1.54, 1.807) is 29.6 Å². The van der Waals surface area contributed by atoms with Crippen LogP contribution in [0.3, 0.4) is 0 Å². The zero-order valence-electron chi connectivity index (χ0n) is 24.0. The fraction of sp³-hybridized carbons (Fsp3) is 0.571. The number of pyridine rings is 2. The molecule has 3 N–H and O–H groups in total. The number of anilines is 4. The number of nitrogens with one attached hydrogen (secondary N) is 1. The van der Waals surface area contributed by atoms with Gasteiger partial charge in [-0.25, -0.2) is 22.8 Å². The van der Waals surface area contributed by atoms with Crippen molar-refractivity contribution in [3.63, 3.8) is 0 Å². The first-order chi connectivity index (χ1) is 19.2. The molecule has 2 saturated heterocycles. The van der Waals surface area contributed by atoms with Crippen molar-refractivity contribution in [1.29, 1.82) is 0 Å². The third kappa shape index (κ3) is 5.80. The van der Waals surface area contributed by atoms with Gasteiger partial charge in [-0.05, 0) is 39.3 Å². The van der Waals surface area contributed by atoms with Crippen molar-refractivity contribution in [2.24, 2.45) is 5.92 Å². The predicted octanol–water partition coefficient (Wildman–Crippen LogP) is 2.82. The van der Waals surface area contributed by atoms with Crippen molar-refractivity contribution in [3.05, 3.63) is 36.4 Å². The number of nitrogens with zero attached hydrogens (tertiary/aromatic N) is 6. The summed E-state index contributed by atoms with van der Waals surface area (Å²) in [4.78, 5) is 22.1. The van der Waals surface area contributed by atoms with Crippen LogP contribution in [0.5, 0.6) is 0 Å². The molecular weight excluding hydrogens is 549 g/mol. The first-order valence-electron chi connectivity index (χ1n) is 13.8. The summed E-state index contributed by atoms with van der Waals surface area (Å²) in [5.41, 5.74) is -1.65. The van der Waals surface area contributed by atoms with Crippen molar-refractivity contribution < 1.29 is 23.0 Å². The van der Waals surface area contributed by atoms with Gasteiger partial charge in [0, 0.05) is 60.4 Å². The lowest BCUT2D eigenvalue weighted by atomic mass is 9.81. The molecule has 2 aliphatic heterocycles. The number of fused-ring (bicyclic) bond motifs is 1. The number of alkyl halides is 1. The minimum atomic E-state index is -3.08.